The molecule has 0 saturated heterocycles. The summed E-state index contributed by atoms with van der Waals surface area (Å²) in [7, 11) is 0. The lowest BCUT2D eigenvalue weighted by atomic mass is 10.2. The Bertz CT molecular complexity index is 977. The van der Waals surface area contributed by atoms with E-state index in [4.69, 9.17) is 0 Å². The molecule has 0 atom stereocenters. The van der Waals surface area contributed by atoms with E-state index in [9.17, 15) is 18.4 Å². The Hall–Kier alpha value is -3.93. The fraction of sp³-hybridized carbons (Fsp3) is 0. The van der Waals surface area contributed by atoms with Crippen LogP contribution in [0.1, 0.15) is 11.1 Å². The molecule has 0 fully saturated rings. The Kier molecular flexibility index (Phi) is 6.37. The van der Waals surface area contributed by atoms with Crippen LogP contribution in [0.5, 0.6) is 0 Å². The lowest BCUT2D eigenvalue weighted by Crippen LogP contribution is -2.35. The van der Waals surface area contributed by atoms with Crippen LogP contribution in [0.2, 0.25) is 0 Å². The number of imide groups is 1. The van der Waals surface area contributed by atoms with Crippen LogP contribution in [0.4, 0.5) is 14.6 Å². The molecule has 2 amide bonds. The summed E-state index contributed by atoms with van der Waals surface area (Å²) in [5, 5.41) is 0. The Morgan fingerprint density at radius 3 is 1.62 bits per heavy atom. The van der Waals surface area contributed by atoms with Gasteiger partial charge in [0.05, 0.1) is 0 Å². The summed E-state index contributed by atoms with van der Waals surface area (Å²) >= 11 is 0. The largest absolute Gasteiger partial charge is 0.269 e. The summed E-state index contributed by atoms with van der Waals surface area (Å²) in [4.78, 5) is 30.4. The standard InChI is InChI=1S/C23H16F2N2O2/c24-19-10-4-17(5-11-19)8-14-22(28)27(21-3-1-2-16-26-21)23(29)15-9-18-6-12-20(25)13-7-18/h1-16H. The van der Waals surface area contributed by atoms with Gasteiger partial charge in [-0.3, -0.25) is 9.59 Å². The number of carbonyl (C=O) groups is 2. The highest BCUT2D eigenvalue weighted by Crippen LogP contribution is 2.14. The van der Waals surface area contributed by atoms with Gasteiger partial charge < -0.3 is 0 Å². The maximum absolute atomic E-state index is 13.0. The van der Waals surface area contributed by atoms with Gasteiger partial charge in [0, 0.05) is 18.3 Å². The Balaban J connectivity index is 1.84. The van der Waals surface area contributed by atoms with Crippen LogP contribution in [0.3, 0.4) is 0 Å². The second-order valence-electron chi connectivity index (χ2n) is 5.97. The molecular formula is C23H16F2N2O2. The fourth-order valence-corrected chi connectivity index (χ4v) is 2.45. The molecule has 0 N–H and O–H groups in total. The monoisotopic (exact) mass is 390 g/mol. The molecule has 3 rings (SSSR count). The number of rotatable bonds is 5. The quantitative estimate of drug-likeness (QED) is 0.596. The molecule has 2 aromatic carbocycles. The van der Waals surface area contributed by atoms with Crippen molar-refractivity contribution in [3.63, 3.8) is 0 Å². The van der Waals surface area contributed by atoms with Gasteiger partial charge in [-0.2, -0.15) is 0 Å². The molecule has 3 aromatic rings. The molecule has 0 radical (unpaired) electrons. The van der Waals surface area contributed by atoms with Crippen LogP contribution in [0.15, 0.2) is 85.1 Å². The van der Waals surface area contributed by atoms with E-state index in [0.29, 0.717) is 11.1 Å². The number of nitrogens with zero attached hydrogens (tertiary/aromatic N) is 2. The van der Waals surface area contributed by atoms with E-state index in [1.165, 1.54) is 85.1 Å². The van der Waals surface area contributed by atoms with Crippen molar-refractivity contribution in [1.29, 1.82) is 0 Å². The molecule has 0 bridgehead atoms. The van der Waals surface area contributed by atoms with Crippen LogP contribution in [-0.4, -0.2) is 16.8 Å². The first-order chi connectivity index (χ1) is 14.0. The lowest BCUT2D eigenvalue weighted by Gasteiger charge is -2.16. The molecule has 0 spiro atoms. The van der Waals surface area contributed by atoms with Gasteiger partial charge in [0.25, 0.3) is 11.8 Å². The van der Waals surface area contributed by atoms with E-state index in [1.54, 1.807) is 12.1 Å². The van der Waals surface area contributed by atoms with E-state index >= 15 is 0 Å². The summed E-state index contributed by atoms with van der Waals surface area (Å²) in [6.07, 6.45) is 6.86. The summed E-state index contributed by atoms with van der Waals surface area (Å²) in [5.41, 5.74) is 1.21. The number of carbonyl (C=O) groups excluding carboxylic acids is 2. The molecule has 0 aliphatic carbocycles. The van der Waals surface area contributed by atoms with Gasteiger partial charge in [-0.05, 0) is 59.7 Å². The first-order valence-corrected chi connectivity index (χ1v) is 8.69. The number of aromatic nitrogens is 1. The fourth-order valence-electron chi connectivity index (χ4n) is 2.45. The predicted octanol–water partition coefficient (Wildman–Crippen LogP) is 4.65. The summed E-state index contributed by atoms with van der Waals surface area (Å²) in [6.45, 7) is 0. The number of amides is 2. The Morgan fingerprint density at radius 2 is 1.21 bits per heavy atom. The smallest absolute Gasteiger partial charge is 0.259 e. The molecule has 6 heteroatoms. The van der Waals surface area contributed by atoms with Gasteiger partial charge in [0.1, 0.15) is 17.5 Å². The molecule has 0 saturated carbocycles. The second-order valence-corrected chi connectivity index (χ2v) is 5.97. The highest BCUT2D eigenvalue weighted by molar-refractivity contribution is 6.23. The third kappa shape index (κ3) is 5.52. The maximum Gasteiger partial charge on any atom is 0.259 e. The first-order valence-electron chi connectivity index (χ1n) is 8.69. The molecule has 0 aliphatic rings. The SMILES string of the molecule is O=C(C=Cc1ccc(F)cc1)N(C(=O)C=Cc1ccc(F)cc1)c1ccccn1. The summed E-state index contributed by atoms with van der Waals surface area (Å²) < 4.78 is 26.0. The van der Waals surface area contributed by atoms with Gasteiger partial charge in [0.15, 0.2) is 0 Å². The van der Waals surface area contributed by atoms with Crippen LogP contribution in [0, 0.1) is 11.6 Å². The normalized spacial score (nSPS) is 11.1. The number of anilines is 1. The average molecular weight is 390 g/mol. The van der Waals surface area contributed by atoms with Gasteiger partial charge in [-0.25, -0.2) is 18.7 Å². The van der Waals surface area contributed by atoms with Crippen molar-refractivity contribution >= 4 is 29.8 Å². The number of pyridine rings is 1. The van der Waals surface area contributed by atoms with Crippen LogP contribution < -0.4 is 4.90 Å². The summed E-state index contributed by atoms with van der Waals surface area (Å²) in [5.74, 6) is -1.83. The minimum atomic E-state index is -0.609. The van der Waals surface area contributed by atoms with Crippen molar-refractivity contribution in [1.82, 2.24) is 4.98 Å². The number of hydrogen-bond acceptors (Lipinski definition) is 3. The number of benzene rings is 2. The van der Waals surface area contributed by atoms with Crippen molar-refractivity contribution in [2.45, 2.75) is 0 Å². The van der Waals surface area contributed by atoms with Gasteiger partial charge in [0.2, 0.25) is 0 Å². The minimum Gasteiger partial charge on any atom is -0.269 e. The van der Waals surface area contributed by atoms with Crippen molar-refractivity contribution in [3.05, 3.63) is 108 Å². The van der Waals surface area contributed by atoms with Crippen molar-refractivity contribution < 1.29 is 18.4 Å². The summed E-state index contributed by atoms with van der Waals surface area (Å²) in [6, 6.07) is 16.0. The van der Waals surface area contributed by atoms with Crippen LogP contribution in [-0.2, 0) is 9.59 Å². The zero-order valence-corrected chi connectivity index (χ0v) is 15.2. The van der Waals surface area contributed by atoms with Gasteiger partial charge in [-0.15, -0.1) is 0 Å². The molecule has 1 heterocycles. The van der Waals surface area contributed by atoms with Crippen LogP contribution >= 0.6 is 0 Å². The molecular weight excluding hydrogens is 374 g/mol. The predicted molar refractivity (Wildman–Crippen MR) is 108 cm³/mol. The lowest BCUT2D eigenvalue weighted by molar-refractivity contribution is -0.121. The molecule has 0 aliphatic heterocycles. The van der Waals surface area contributed by atoms with Crippen molar-refractivity contribution in [3.8, 4) is 0 Å². The molecule has 29 heavy (non-hydrogen) atoms. The van der Waals surface area contributed by atoms with E-state index in [-0.39, 0.29) is 17.5 Å². The maximum atomic E-state index is 13.0. The van der Waals surface area contributed by atoms with E-state index < -0.39 is 11.8 Å². The topological polar surface area (TPSA) is 50.3 Å². The van der Waals surface area contributed by atoms with Gasteiger partial charge in [-0.1, -0.05) is 30.3 Å². The number of hydrogen-bond donors (Lipinski definition) is 0. The Morgan fingerprint density at radius 1 is 0.724 bits per heavy atom. The van der Waals surface area contributed by atoms with Gasteiger partial charge >= 0.3 is 0 Å². The number of halogens is 2. The zero-order valence-electron chi connectivity index (χ0n) is 15.2. The molecule has 0 unspecified atom stereocenters. The zero-order chi connectivity index (χ0) is 20.6. The molecule has 1 aromatic heterocycles. The molecule has 144 valence electrons. The highest BCUT2D eigenvalue weighted by Gasteiger charge is 2.20. The highest BCUT2D eigenvalue weighted by atomic mass is 19.1. The third-order valence-electron chi connectivity index (χ3n) is 3.90. The Labute approximate surface area is 166 Å². The van der Waals surface area contributed by atoms with Crippen molar-refractivity contribution in [2.75, 3.05) is 4.90 Å². The van der Waals surface area contributed by atoms with E-state index in [0.717, 1.165) is 4.90 Å². The average Bonchev–Trinajstić information content (AvgIpc) is 2.74. The van der Waals surface area contributed by atoms with Crippen LogP contribution in [0.25, 0.3) is 12.2 Å². The minimum absolute atomic E-state index is 0.162. The van der Waals surface area contributed by atoms with Crippen molar-refractivity contribution in [2.24, 2.45) is 0 Å². The second kappa shape index (κ2) is 9.32. The molecule has 4 nitrogen and oxygen atoms in total. The third-order valence-corrected chi connectivity index (χ3v) is 3.90. The first kappa shape index (κ1) is 19.8. The van der Waals surface area contributed by atoms with E-state index in [2.05, 4.69) is 4.98 Å². The van der Waals surface area contributed by atoms with E-state index in [1.807, 2.05) is 0 Å².